The summed E-state index contributed by atoms with van der Waals surface area (Å²) in [6.45, 7) is 7.95. The van der Waals surface area contributed by atoms with Gasteiger partial charge in [0, 0.05) is 12.7 Å². The summed E-state index contributed by atoms with van der Waals surface area (Å²) in [6.07, 6.45) is 4.88. The van der Waals surface area contributed by atoms with E-state index in [9.17, 15) is 9.59 Å². The molecule has 0 atom stereocenters. The monoisotopic (exact) mass is 281 g/mol. The first-order chi connectivity index (χ1) is 9.41. The summed E-state index contributed by atoms with van der Waals surface area (Å²) in [5.74, 6) is -0.418. The summed E-state index contributed by atoms with van der Waals surface area (Å²) in [6, 6.07) is 1.22. The number of ether oxygens (including phenoxy) is 2. The van der Waals surface area contributed by atoms with Crippen LogP contribution in [0.5, 0.6) is 5.75 Å². The first-order valence-corrected chi connectivity index (χ1v) is 6.67. The average Bonchev–Trinajstić information content (AvgIpc) is 2.85. The van der Waals surface area contributed by atoms with Gasteiger partial charge < -0.3 is 13.9 Å². The normalized spacial score (nSPS) is 14.8. The van der Waals surface area contributed by atoms with E-state index in [0.717, 1.165) is 6.61 Å². The van der Waals surface area contributed by atoms with Crippen molar-refractivity contribution in [2.24, 2.45) is 5.92 Å². The van der Waals surface area contributed by atoms with Gasteiger partial charge in [-0.1, -0.05) is 13.8 Å². The fourth-order valence-corrected chi connectivity index (χ4v) is 1.48. The van der Waals surface area contributed by atoms with E-state index >= 15 is 0 Å². The van der Waals surface area contributed by atoms with Gasteiger partial charge in [0.2, 0.25) is 11.2 Å². The second-order valence-electron chi connectivity index (χ2n) is 4.90. The molecular formula is C15H21O5. The lowest BCUT2D eigenvalue weighted by atomic mass is 10.2. The Morgan fingerprint density at radius 1 is 1.35 bits per heavy atom. The molecule has 1 aromatic heterocycles. The molecule has 111 valence electrons. The van der Waals surface area contributed by atoms with Crippen molar-refractivity contribution in [2.75, 3.05) is 6.61 Å². The summed E-state index contributed by atoms with van der Waals surface area (Å²) in [4.78, 5) is 22.5. The van der Waals surface area contributed by atoms with Gasteiger partial charge in [0.1, 0.15) is 5.76 Å². The molecule has 1 aliphatic rings. The third kappa shape index (κ3) is 5.17. The van der Waals surface area contributed by atoms with E-state index in [-0.39, 0.29) is 17.1 Å². The van der Waals surface area contributed by atoms with Crippen molar-refractivity contribution in [1.82, 2.24) is 0 Å². The fourth-order valence-electron chi connectivity index (χ4n) is 1.48. The maximum atomic E-state index is 11.3. The summed E-state index contributed by atoms with van der Waals surface area (Å²) in [5, 5.41) is 0. The molecule has 1 radical (unpaired) electrons. The van der Waals surface area contributed by atoms with Crippen molar-refractivity contribution < 1.29 is 18.7 Å². The van der Waals surface area contributed by atoms with Crippen LogP contribution in [0, 0.1) is 18.9 Å². The quantitative estimate of drug-likeness (QED) is 0.780. The molecule has 0 saturated carbocycles. The molecule has 1 aromatic rings. The molecule has 0 bridgehead atoms. The Morgan fingerprint density at radius 2 is 2.05 bits per heavy atom. The van der Waals surface area contributed by atoms with Crippen molar-refractivity contribution >= 4 is 5.97 Å². The number of carbonyl (C=O) groups excluding carboxylic acids is 1. The smallest absolute Gasteiger partial charge is 0.314 e. The average molecular weight is 281 g/mol. The molecule has 0 N–H and O–H groups in total. The van der Waals surface area contributed by atoms with Crippen LogP contribution in [0.15, 0.2) is 21.5 Å². The molecule has 2 rings (SSSR count). The van der Waals surface area contributed by atoms with E-state index in [1.165, 1.54) is 31.3 Å². The third-order valence-corrected chi connectivity index (χ3v) is 2.70. The largest absolute Gasteiger partial charge is 0.465 e. The number of rotatable bonds is 2. The molecule has 0 aliphatic carbocycles. The van der Waals surface area contributed by atoms with Gasteiger partial charge in [-0.15, -0.1) is 0 Å². The van der Waals surface area contributed by atoms with E-state index in [4.69, 9.17) is 13.9 Å². The Bertz CT molecular complexity index is 483. The summed E-state index contributed by atoms with van der Waals surface area (Å²) in [7, 11) is 0. The van der Waals surface area contributed by atoms with E-state index in [0.29, 0.717) is 5.76 Å². The molecule has 1 fully saturated rings. The number of carbonyl (C=O) groups is 1. The number of hydrogen-bond donors (Lipinski definition) is 0. The van der Waals surface area contributed by atoms with Gasteiger partial charge in [-0.25, -0.2) is 0 Å². The highest BCUT2D eigenvalue weighted by Crippen LogP contribution is 2.16. The van der Waals surface area contributed by atoms with Gasteiger partial charge in [0.25, 0.3) is 0 Å². The van der Waals surface area contributed by atoms with Crippen LogP contribution in [-0.2, 0) is 9.53 Å². The Balaban J connectivity index is 0.000000276. The molecule has 2 heterocycles. The van der Waals surface area contributed by atoms with E-state index in [1.54, 1.807) is 20.8 Å². The molecule has 1 saturated heterocycles. The molecule has 0 unspecified atom stereocenters. The highest BCUT2D eigenvalue weighted by atomic mass is 16.5. The van der Waals surface area contributed by atoms with Gasteiger partial charge >= 0.3 is 5.97 Å². The van der Waals surface area contributed by atoms with Crippen molar-refractivity contribution in [3.05, 3.63) is 34.4 Å². The SMILES string of the molecule is C[C]1CCCO1.Cc1occc(=O)c1OC(=O)C(C)C. The van der Waals surface area contributed by atoms with Crippen LogP contribution in [0.25, 0.3) is 0 Å². The zero-order valence-corrected chi connectivity index (χ0v) is 12.4. The van der Waals surface area contributed by atoms with Crippen LogP contribution >= 0.6 is 0 Å². The van der Waals surface area contributed by atoms with Crippen LogP contribution in [0.4, 0.5) is 0 Å². The van der Waals surface area contributed by atoms with Gasteiger partial charge in [0.05, 0.1) is 18.3 Å². The molecule has 5 heteroatoms. The predicted molar refractivity (Wildman–Crippen MR) is 74.3 cm³/mol. The number of hydrogen-bond acceptors (Lipinski definition) is 5. The Kier molecular flexibility index (Phi) is 6.45. The van der Waals surface area contributed by atoms with Gasteiger partial charge in [-0.05, 0) is 26.7 Å². The number of esters is 1. The molecule has 20 heavy (non-hydrogen) atoms. The van der Waals surface area contributed by atoms with Crippen molar-refractivity contribution in [1.29, 1.82) is 0 Å². The summed E-state index contributed by atoms with van der Waals surface area (Å²) < 4.78 is 14.9. The molecule has 0 aromatic carbocycles. The standard InChI is InChI=1S/C10H12O4.C5H9O/c1-6(2)10(12)14-9-7(3)13-5-4-8(9)11;1-5-3-2-4-6-5/h4-6H,1-3H3;2-4H2,1H3. The Hall–Kier alpha value is -1.62. The summed E-state index contributed by atoms with van der Waals surface area (Å²) >= 11 is 0. The van der Waals surface area contributed by atoms with Crippen molar-refractivity contribution in [2.45, 2.75) is 40.5 Å². The minimum Gasteiger partial charge on any atom is -0.465 e. The Morgan fingerprint density at radius 3 is 2.45 bits per heavy atom. The molecule has 0 amide bonds. The lowest BCUT2D eigenvalue weighted by molar-refractivity contribution is -0.138. The fraction of sp³-hybridized carbons (Fsp3) is 0.533. The van der Waals surface area contributed by atoms with Crippen LogP contribution in [-0.4, -0.2) is 12.6 Å². The van der Waals surface area contributed by atoms with Crippen molar-refractivity contribution in [3.8, 4) is 5.75 Å². The maximum Gasteiger partial charge on any atom is 0.314 e. The first kappa shape index (κ1) is 16.4. The lowest BCUT2D eigenvalue weighted by Crippen LogP contribution is -2.19. The molecule has 0 spiro atoms. The number of aryl methyl sites for hydroxylation is 1. The minimum atomic E-state index is -0.438. The van der Waals surface area contributed by atoms with Crippen molar-refractivity contribution in [3.63, 3.8) is 0 Å². The second kappa shape index (κ2) is 7.85. The zero-order valence-electron chi connectivity index (χ0n) is 12.4. The maximum absolute atomic E-state index is 11.3. The van der Waals surface area contributed by atoms with E-state index in [1.807, 2.05) is 6.92 Å². The van der Waals surface area contributed by atoms with Crippen LogP contribution in [0.1, 0.15) is 39.4 Å². The lowest BCUT2D eigenvalue weighted by Gasteiger charge is -2.06. The van der Waals surface area contributed by atoms with Gasteiger partial charge in [-0.3, -0.25) is 9.59 Å². The van der Waals surface area contributed by atoms with E-state index < -0.39 is 5.97 Å². The predicted octanol–water partition coefficient (Wildman–Crippen LogP) is 2.86. The summed E-state index contributed by atoms with van der Waals surface area (Å²) in [5.41, 5.74) is -0.345. The van der Waals surface area contributed by atoms with E-state index in [2.05, 4.69) is 0 Å². The molecule has 1 aliphatic heterocycles. The van der Waals surface area contributed by atoms with Gasteiger partial charge in [-0.2, -0.15) is 0 Å². The minimum absolute atomic E-state index is 0.0220. The molecule has 5 nitrogen and oxygen atoms in total. The highest BCUT2D eigenvalue weighted by Gasteiger charge is 2.14. The third-order valence-electron chi connectivity index (χ3n) is 2.70. The highest BCUT2D eigenvalue weighted by molar-refractivity contribution is 5.74. The van der Waals surface area contributed by atoms with Gasteiger partial charge in [0.15, 0.2) is 0 Å². The zero-order chi connectivity index (χ0) is 15.1. The topological polar surface area (TPSA) is 65.7 Å². The Labute approximate surface area is 118 Å². The first-order valence-electron chi connectivity index (χ1n) is 6.67. The van der Waals surface area contributed by atoms with Crippen LogP contribution in [0.3, 0.4) is 0 Å². The second-order valence-corrected chi connectivity index (χ2v) is 4.90. The van der Waals surface area contributed by atoms with Crippen LogP contribution < -0.4 is 10.2 Å². The molecular weight excluding hydrogens is 260 g/mol. The van der Waals surface area contributed by atoms with Crippen LogP contribution in [0.2, 0.25) is 0 Å².